The molecule has 0 atom stereocenters. The topological polar surface area (TPSA) is 53.6 Å². The van der Waals surface area contributed by atoms with Crippen molar-refractivity contribution in [1.29, 1.82) is 5.26 Å². The molecule has 4 heteroatoms. The lowest BCUT2D eigenvalue weighted by molar-refractivity contribution is 0.660. The SMILES string of the molecule is CCn1cc(NCc2cccc(C#N)c2)cn1. The molecule has 1 aromatic heterocycles. The molecule has 4 nitrogen and oxygen atoms in total. The molecule has 0 saturated carbocycles. The molecule has 0 spiro atoms. The van der Waals surface area contributed by atoms with Gasteiger partial charge in [0.25, 0.3) is 0 Å². The number of benzene rings is 1. The Morgan fingerprint density at radius 1 is 1.47 bits per heavy atom. The third kappa shape index (κ3) is 2.85. The molecule has 0 saturated heterocycles. The van der Waals surface area contributed by atoms with Crippen LogP contribution in [0.15, 0.2) is 36.7 Å². The molecule has 0 aliphatic rings. The molecule has 2 aromatic rings. The van der Waals surface area contributed by atoms with Gasteiger partial charge in [-0.05, 0) is 24.6 Å². The second-order valence-electron chi connectivity index (χ2n) is 3.75. The van der Waals surface area contributed by atoms with E-state index in [1.807, 2.05) is 36.0 Å². The van der Waals surface area contributed by atoms with Crippen LogP contribution in [0.4, 0.5) is 5.69 Å². The highest BCUT2D eigenvalue weighted by molar-refractivity contribution is 5.40. The van der Waals surface area contributed by atoms with Gasteiger partial charge in [0, 0.05) is 19.3 Å². The van der Waals surface area contributed by atoms with E-state index in [0.29, 0.717) is 12.1 Å². The molecule has 86 valence electrons. The Morgan fingerprint density at radius 3 is 3.06 bits per heavy atom. The molecule has 1 heterocycles. The molecular formula is C13H14N4. The summed E-state index contributed by atoms with van der Waals surface area (Å²) < 4.78 is 1.87. The smallest absolute Gasteiger partial charge is 0.0991 e. The first-order valence-electron chi connectivity index (χ1n) is 5.57. The van der Waals surface area contributed by atoms with Crippen molar-refractivity contribution in [3.05, 3.63) is 47.8 Å². The van der Waals surface area contributed by atoms with E-state index in [2.05, 4.69) is 16.5 Å². The third-order valence-corrected chi connectivity index (χ3v) is 2.51. The second kappa shape index (κ2) is 5.17. The van der Waals surface area contributed by atoms with E-state index in [-0.39, 0.29) is 0 Å². The highest BCUT2D eigenvalue weighted by Crippen LogP contribution is 2.09. The van der Waals surface area contributed by atoms with Crippen molar-refractivity contribution in [3.63, 3.8) is 0 Å². The number of nitriles is 1. The summed E-state index contributed by atoms with van der Waals surface area (Å²) in [7, 11) is 0. The summed E-state index contributed by atoms with van der Waals surface area (Å²) in [5.41, 5.74) is 2.77. The van der Waals surface area contributed by atoms with Crippen molar-refractivity contribution in [2.24, 2.45) is 0 Å². The predicted molar refractivity (Wildman–Crippen MR) is 66.4 cm³/mol. The molecule has 0 aliphatic heterocycles. The first kappa shape index (κ1) is 11.2. The van der Waals surface area contributed by atoms with Crippen LogP contribution in [0.2, 0.25) is 0 Å². The quantitative estimate of drug-likeness (QED) is 0.870. The Bertz CT molecular complexity index is 536. The lowest BCUT2D eigenvalue weighted by Gasteiger charge is -2.03. The fourth-order valence-corrected chi connectivity index (χ4v) is 1.58. The van der Waals surface area contributed by atoms with E-state index in [1.54, 1.807) is 12.3 Å². The van der Waals surface area contributed by atoms with Crippen molar-refractivity contribution >= 4 is 5.69 Å². The number of hydrogen-bond acceptors (Lipinski definition) is 3. The number of nitrogens with one attached hydrogen (secondary N) is 1. The van der Waals surface area contributed by atoms with Crippen molar-refractivity contribution in [3.8, 4) is 6.07 Å². The van der Waals surface area contributed by atoms with Gasteiger partial charge in [-0.25, -0.2) is 0 Å². The maximum absolute atomic E-state index is 8.80. The fraction of sp³-hybridized carbons (Fsp3) is 0.231. The maximum atomic E-state index is 8.80. The van der Waals surface area contributed by atoms with Gasteiger partial charge in [-0.3, -0.25) is 4.68 Å². The Hall–Kier alpha value is -2.28. The molecule has 0 amide bonds. The molecule has 17 heavy (non-hydrogen) atoms. The Kier molecular flexibility index (Phi) is 3.41. The van der Waals surface area contributed by atoms with Crippen molar-refractivity contribution in [2.75, 3.05) is 5.32 Å². The summed E-state index contributed by atoms with van der Waals surface area (Å²) in [5, 5.41) is 16.3. The predicted octanol–water partition coefficient (Wildman–Crippen LogP) is 2.39. The Morgan fingerprint density at radius 2 is 2.35 bits per heavy atom. The summed E-state index contributed by atoms with van der Waals surface area (Å²) >= 11 is 0. The van der Waals surface area contributed by atoms with E-state index in [9.17, 15) is 0 Å². The van der Waals surface area contributed by atoms with Crippen LogP contribution >= 0.6 is 0 Å². The van der Waals surface area contributed by atoms with Gasteiger partial charge in [-0.15, -0.1) is 0 Å². The van der Waals surface area contributed by atoms with E-state index in [4.69, 9.17) is 5.26 Å². The highest BCUT2D eigenvalue weighted by atomic mass is 15.3. The number of aromatic nitrogens is 2. The number of nitrogens with zero attached hydrogens (tertiary/aromatic N) is 3. The van der Waals surface area contributed by atoms with Crippen LogP contribution in [0.3, 0.4) is 0 Å². The summed E-state index contributed by atoms with van der Waals surface area (Å²) in [4.78, 5) is 0. The van der Waals surface area contributed by atoms with Crippen LogP contribution < -0.4 is 5.32 Å². The average molecular weight is 226 g/mol. The minimum atomic E-state index is 0.688. The van der Waals surface area contributed by atoms with E-state index >= 15 is 0 Å². The number of hydrogen-bond donors (Lipinski definition) is 1. The number of rotatable bonds is 4. The number of anilines is 1. The molecule has 0 aliphatic carbocycles. The minimum absolute atomic E-state index is 0.688. The first-order valence-corrected chi connectivity index (χ1v) is 5.57. The number of aryl methyl sites for hydroxylation is 1. The zero-order valence-corrected chi connectivity index (χ0v) is 9.72. The molecule has 0 bridgehead atoms. The van der Waals surface area contributed by atoms with E-state index in [0.717, 1.165) is 17.8 Å². The van der Waals surface area contributed by atoms with Crippen LogP contribution in [-0.4, -0.2) is 9.78 Å². The molecule has 0 unspecified atom stereocenters. The van der Waals surface area contributed by atoms with Gasteiger partial charge in [0.05, 0.1) is 23.5 Å². The van der Waals surface area contributed by atoms with Crippen LogP contribution in [-0.2, 0) is 13.1 Å². The summed E-state index contributed by atoms with van der Waals surface area (Å²) in [5.74, 6) is 0. The minimum Gasteiger partial charge on any atom is -0.378 e. The van der Waals surface area contributed by atoms with Gasteiger partial charge in [0.15, 0.2) is 0 Å². The van der Waals surface area contributed by atoms with Gasteiger partial charge in [-0.1, -0.05) is 12.1 Å². The summed E-state index contributed by atoms with van der Waals surface area (Å²) in [6, 6.07) is 9.72. The van der Waals surface area contributed by atoms with Gasteiger partial charge in [0.1, 0.15) is 0 Å². The average Bonchev–Trinajstić information content (AvgIpc) is 2.84. The molecule has 0 radical (unpaired) electrons. The largest absolute Gasteiger partial charge is 0.378 e. The summed E-state index contributed by atoms with van der Waals surface area (Å²) in [6.07, 6.45) is 3.77. The third-order valence-electron chi connectivity index (χ3n) is 2.51. The molecule has 1 aromatic carbocycles. The lowest BCUT2D eigenvalue weighted by Crippen LogP contribution is -1.98. The monoisotopic (exact) mass is 226 g/mol. The van der Waals surface area contributed by atoms with Gasteiger partial charge >= 0.3 is 0 Å². The first-order chi connectivity index (χ1) is 8.31. The zero-order chi connectivity index (χ0) is 12.1. The van der Waals surface area contributed by atoms with Gasteiger partial charge in [-0.2, -0.15) is 10.4 Å². The molecular weight excluding hydrogens is 212 g/mol. The molecule has 2 rings (SSSR count). The van der Waals surface area contributed by atoms with Crippen molar-refractivity contribution in [1.82, 2.24) is 9.78 Å². The van der Waals surface area contributed by atoms with Gasteiger partial charge < -0.3 is 5.32 Å². The zero-order valence-electron chi connectivity index (χ0n) is 9.72. The molecule has 1 N–H and O–H groups in total. The Balaban J connectivity index is 1.99. The van der Waals surface area contributed by atoms with Crippen LogP contribution in [0.25, 0.3) is 0 Å². The standard InChI is InChI=1S/C13H14N4/c1-2-17-10-13(9-16-17)15-8-12-5-3-4-11(6-12)7-14/h3-6,9-10,15H,2,8H2,1H3. The van der Waals surface area contributed by atoms with Gasteiger partial charge in [0.2, 0.25) is 0 Å². The van der Waals surface area contributed by atoms with Crippen LogP contribution in [0.5, 0.6) is 0 Å². The normalized spacial score (nSPS) is 9.88. The van der Waals surface area contributed by atoms with Crippen molar-refractivity contribution in [2.45, 2.75) is 20.0 Å². The highest BCUT2D eigenvalue weighted by Gasteiger charge is 1.98. The molecule has 0 fully saturated rings. The Labute approximate surface area is 100 Å². The summed E-state index contributed by atoms with van der Waals surface area (Å²) in [6.45, 7) is 3.61. The van der Waals surface area contributed by atoms with Crippen molar-refractivity contribution < 1.29 is 0 Å². The fourth-order valence-electron chi connectivity index (χ4n) is 1.58. The van der Waals surface area contributed by atoms with E-state index < -0.39 is 0 Å². The van der Waals surface area contributed by atoms with E-state index in [1.165, 1.54) is 0 Å². The maximum Gasteiger partial charge on any atom is 0.0991 e. The van der Waals surface area contributed by atoms with Crippen LogP contribution in [0.1, 0.15) is 18.1 Å². The second-order valence-corrected chi connectivity index (χ2v) is 3.75. The lowest BCUT2D eigenvalue weighted by atomic mass is 10.1. The van der Waals surface area contributed by atoms with Crippen LogP contribution in [0, 0.1) is 11.3 Å².